The highest BCUT2D eigenvalue weighted by Gasteiger charge is 2.48. The summed E-state index contributed by atoms with van der Waals surface area (Å²) in [5.74, 6) is -0.444. The van der Waals surface area contributed by atoms with Gasteiger partial charge >= 0.3 is 0 Å². The van der Waals surface area contributed by atoms with Crippen LogP contribution in [-0.2, 0) is 5.54 Å². The van der Waals surface area contributed by atoms with Crippen LogP contribution < -0.4 is 5.32 Å². The first-order valence-electron chi connectivity index (χ1n) is 5.08. The maximum Gasteiger partial charge on any atom is 0.123 e. The van der Waals surface area contributed by atoms with E-state index in [0.717, 1.165) is 0 Å². The Hall–Kier alpha value is -1.01. The Morgan fingerprint density at radius 1 is 1.44 bits per heavy atom. The highest BCUT2D eigenvalue weighted by atomic mass is 19.1. The van der Waals surface area contributed by atoms with Crippen LogP contribution in [-0.4, -0.2) is 40.7 Å². The lowest BCUT2D eigenvalue weighted by Gasteiger charge is -2.31. The van der Waals surface area contributed by atoms with Crippen molar-refractivity contribution in [3.05, 3.63) is 35.6 Å². The molecule has 1 aliphatic rings. The van der Waals surface area contributed by atoms with E-state index in [0.29, 0.717) is 5.56 Å². The number of benzene rings is 1. The molecule has 0 amide bonds. The van der Waals surface area contributed by atoms with Gasteiger partial charge < -0.3 is 20.6 Å². The molecular formula is C11H14FNO3. The molecule has 0 aliphatic carbocycles. The second-order valence-electron chi connectivity index (χ2n) is 4.03. The van der Waals surface area contributed by atoms with Crippen LogP contribution >= 0.6 is 0 Å². The third kappa shape index (κ3) is 1.62. The van der Waals surface area contributed by atoms with Crippen molar-refractivity contribution in [1.82, 2.24) is 5.32 Å². The van der Waals surface area contributed by atoms with E-state index in [4.69, 9.17) is 0 Å². The lowest BCUT2D eigenvalue weighted by Crippen LogP contribution is -2.49. The molecule has 1 fully saturated rings. The summed E-state index contributed by atoms with van der Waals surface area (Å²) in [6, 6.07) is 5.63. The first kappa shape index (κ1) is 11.5. The molecule has 4 nitrogen and oxygen atoms in total. The van der Waals surface area contributed by atoms with Crippen LogP contribution in [0.4, 0.5) is 4.39 Å². The van der Waals surface area contributed by atoms with E-state index in [2.05, 4.69) is 5.32 Å². The van der Waals surface area contributed by atoms with E-state index >= 15 is 0 Å². The zero-order valence-electron chi connectivity index (χ0n) is 8.60. The van der Waals surface area contributed by atoms with Gasteiger partial charge in [0, 0.05) is 6.54 Å². The molecule has 0 saturated carbocycles. The van der Waals surface area contributed by atoms with Crippen LogP contribution in [0, 0.1) is 5.82 Å². The van der Waals surface area contributed by atoms with Crippen LogP contribution in [0.3, 0.4) is 0 Å². The minimum atomic E-state index is -1.18. The van der Waals surface area contributed by atoms with Crippen LogP contribution in [0.1, 0.15) is 5.56 Å². The molecule has 0 spiro atoms. The molecule has 0 unspecified atom stereocenters. The number of β-amino-alcohol motifs (C(OH)–C–C–N with tert-alkyl or cyclic N) is 1. The number of rotatable bonds is 2. The third-order valence-corrected chi connectivity index (χ3v) is 3.09. The smallest absolute Gasteiger partial charge is 0.123 e. The Kier molecular flexibility index (Phi) is 2.94. The van der Waals surface area contributed by atoms with E-state index in [1.807, 2.05) is 0 Å². The summed E-state index contributed by atoms with van der Waals surface area (Å²) in [4.78, 5) is 0. The van der Waals surface area contributed by atoms with Gasteiger partial charge in [-0.25, -0.2) is 4.39 Å². The fourth-order valence-electron chi connectivity index (χ4n) is 2.11. The zero-order valence-corrected chi connectivity index (χ0v) is 8.60. The van der Waals surface area contributed by atoms with E-state index in [9.17, 15) is 19.7 Å². The summed E-state index contributed by atoms with van der Waals surface area (Å²) >= 11 is 0. The molecule has 0 bridgehead atoms. The van der Waals surface area contributed by atoms with Crippen molar-refractivity contribution < 1.29 is 19.7 Å². The molecule has 3 atom stereocenters. The zero-order chi connectivity index (χ0) is 11.8. The fraction of sp³-hybridized carbons (Fsp3) is 0.455. The van der Waals surface area contributed by atoms with Crippen molar-refractivity contribution in [1.29, 1.82) is 0 Å². The highest BCUT2D eigenvalue weighted by Crippen LogP contribution is 2.31. The number of hydrogen-bond acceptors (Lipinski definition) is 4. The van der Waals surface area contributed by atoms with Gasteiger partial charge in [0.1, 0.15) is 11.9 Å². The Morgan fingerprint density at radius 3 is 2.69 bits per heavy atom. The quantitative estimate of drug-likeness (QED) is 0.541. The molecule has 5 heteroatoms. The van der Waals surface area contributed by atoms with Gasteiger partial charge in [0.05, 0.1) is 18.2 Å². The van der Waals surface area contributed by atoms with E-state index in [-0.39, 0.29) is 6.54 Å². The van der Waals surface area contributed by atoms with Crippen molar-refractivity contribution in [2.45, 2.75) is 17.7 Å². The van der Waals surface area contributed by atoms with Crippen molar-refractivity contribution >= 4 is 0 Å². The van der Waals surface area contributed by atoms with E-state index in [1.54, 1.807) is 6.07 Å². The van der Waals surface area contributed by atoms with Crippen molar-refractivity contribution in [2.24, 2.45) is 0 Å². The van der Waals surface area contributed by atoms with Crippen LogP contribution in [0.25, 0.3) is 0 Å². The number of halogens is 1. The minimum Gasteiger partial charge on any atom is -0.394 e. The molecule has 1 saturated heterocycles. The maximum absolute atomic E-state index is 13.1. The van der Waals surface area contributed by atoms with Gasteiger partial charge in [0.15, 0.2) is 0 Å². The third-order valence-electron chi connectivity index (χ3n) is 3.09. The molecular weight excluding hydrogens is 213 g/mol. The molecule has 1 aromatic carbocycles. The highest BCUT2D eigenvalue weighted by molar-refractivity contribution is 5.29. The monoisotopic (exact) mass is 227 g/mol. The number of aliphatic hydroxyl groups is 3. The van der Waals surface area contributed by atoms with Gasteiger partial charge in [-0.2, -0.15) is 0 Å². The summed E-state index contributed by atoms with van der Waals surface area (Å²) in [7, 11) is 0. The van der Waals surface area contributed by atoms with Crippen molar-refractivity contribution in [2.75, 3.05) is 13.2 Å². The van der Waals surface area contributed by atoms with Crippen molar-refractivity contribution in [3.63, 3.8) is 0 Å². The standard InChI is InChI=1S/C11H14FNO3/c12-8-3-1-2-7(4-8)11(6-14)10(16)9(15)5-13-11/h1-4,9-10,13-16H,5-6H2/t9-,10+,11+/m1/s1. The Balaban J connectivity index is 2.42. The first-order chi connectivity index (χ1) is 7.60. The second kappa shape index (κ2) is 4.10. The van der Waals surface area contributed by atoms with Gasteiger partial charge in [-0.3, -0.25) is 0 Å². The number of nitrogens with one attached hydrogen (secondary N) is 1. The lowest BCUT2D eigenvalue weighted by atomic mass is 9.86. The predicted octanol–water partition coefficient (Wildman–Crippen LogP) is -0.662. The predicted molar refractivity (Wildman–Crippen MR) is 55.2 cm³/mol. The number of hydrogen-bond donors (Lipinski definition) is 4. The molecule has 1 aliphatic heterocycles. The van der Waals surface area contributed by atoms with Gasteiger partial charge in [-0.15, -0.1) is 0 Å². The largest absolute Gasteiger partial charge is 0.394 e. The Labute approximate surface area is 92.3 Å². The molecule has 88 valence electrons. The van der Waals surface area contributed by atoms with Crippen LogP contribution in [0.5, 0.6) is 0 Å². The fourth-order valence-corrected chi connectivity index (χ4v) is 2.11. The second-order valence-corrected chi connectivity index (χ2v) is 4.03. The van der Waals surface area contributed by atoms with Gasteiger partial charge in [-0.1, -0.05) is 12.1 Å². The summed E-state index contributed by atoms with van der Waals surface area (Å²) in [6.07, 6.45) is -2.12. The molecule has 4 N–H and O–H groups in total. The van der Waals surface area contributed by atoms with E-state index < -0.39 is 30.2 Å². The van der Waals surface area contributed by atoms with Crippen LogP contribution in [0.15, 0.2) is 24.3 Å². The molecule has 2 rings (SSSR count). The SMILES string of the molecule is OC[C@@]1(c2cccc(F)c2)NC[C@@H](O)[C@@H]1O. The maximum atomic E-state index is 13.1. The minimum absolute atomic E-state index is 0.165. The lowest BCUT2D eigenvalue weighted by molar-refractivity contribution is -0.0111. The normalized spacial score (nSPS) is 34.2. The van der Waals surface area contributed by atoms with Crippen molar-refractivity contribution in [3.8, 4) is 0 Å². The van der Waals surface area contributed by atoms with Gasteiger partial charge in [0.25, 0.3) is 0 Å². The molecule has 1 aromatic rings. The van der Waals surface area contributed by atoms with Crippen LogP contribution in [0.2, 0.25) is 0 Å². The van der Waals surface area contributed by atoms with Gasteiger partial charge in [0.2, 0.25) is 0 Å². The number of aliphatic hydroxyl groups excluding tert-OH is 3. The first-order valence-corrected chi connectivity index (χ1v) is 5.08. The van der Waals surface area contributed by atoms with Gasteiger partial charge in [-0.05, 0) is 17.7 Å². The topological polar surface area (TPSA) is 72.7 Å². The van der Waals surface area contributed by atoms with E-state index in [1.165, 1.54) is 18.2 Å². The summed E-state index contributed by atoms with van der Waals surface area (Å²) in [5, 5.41) is 31.6. The summed E-state index contributed by atoms with van der Waals surface area (Å²) in [6.45, 7) is -0.243. The Bertz CT molecular complexity index is 387. The molecule has 0 aromatic heterocycles. The average molecular weight is 227 g/mol. The summed E-state index contributed by atoms with van der Waals surface area (Å²) < 4.78 is 13.1. The molecule has 16 heavy (non-hydrogen) atoms. The molecule has 1 heterocycles. The average Bonchev–Trinajstić information content (AvgIpc) is 2.57. The summed E-state index contributed by atoms with van der Waals surface area (Å²) in [5.41, 5.74) is -0.749. The molecule has 0 radical (unpaired) electrons. The Morgan fingerprint density at radius 2 is 2.19 bits per heavy atom.